The maximum Gasteiger partial charge on any atom is 0.274 e. The third-order valence-corrected chi connectivity index (χ3v) is 3.14. The van der Waals surface area contributed by atoms with E-state index in [1.54, 1.807) is 24.4 Å². The van der Waals surface area contributed by atoms with Crippen molar-refractivity contribution in [1.82, 2.24) is 9.97 Å². The van der Waals surface area contributed by atoms with E-state index in [0.717, 1.165) is 11.1 Å². The first-order valence-electron chi connectivity index (χ1n) is 6.53. The molecule has 0 atom stereocenters. The van der Waals surface area contributed by atoms with Crippen LogP contribution >= 0.6 is 0 Å². The first kappa shape index (κ1) is 13.1. The lowest BCUT2D eigenvalue weighted by Crippen LogP contribution is -2.14. The number of nitrogens with zero attached hydrogens (tertiary/aromatic N) is 2. The van der Waals surface area contributed by atoms with Gasteiger partial charge in [0.25, 0.3) is 5.91 Å². The number of nitrogens with two attached hydrogens (primary N) is 1. The minimum atomic E-state index is -0.293. The topological polar surface area (TPSA) is 80.9 Å². The molecule has 5 heteroatoms. The van der Waals surface area contributed by atoms with Crippen molar-refractivity contribution < 1.29 is 4.79 Å². The molecular weight excluding hydrogens is 264 g/mol. The zero-order chi connectivity index (χ0) is 14.8. The van der Waals surface area contributed by atoms with Crippen LogP contribution < -0.4 is 11.1 Å². The molecule has 0 unspecified atom stereocenters. The van der Waals surface area contributed by atoms with Crippen LogP contribution in [0.4, 0.5) is 11.4 Å². The Bertz CT molecular complexity index is 829. The third kappa shape index (κ3) is 2.67. The predicted molar refractivity (Wildman–Crippen MR) is 83.1 cm³/mol. The number of carbonyl (C=O) groups is 1. The minimum absolute atomic E-state index is 0.292. The molecule has 3 rings (SSSR count). The van der Waals surface area contributed by atoms with Crippen molar-refractivity contribution in [2.45, 2.75) is 6.92 Å². The highest BCUT2D eigenvalue weighted by molar-refractivity contribution is 6.05. The zero-order valence-corrected chi connectivity index (χ0v) is 11.5. The molecule has 3 N–H and O–H groups in total. The zero-order valence-electron chi connectivity index (χ0n) is 11.5. The maximum absolute atomic E-state index is 12.3. The smallest absolute Gasteiger partial charge is 0.274 e. The number of aryl methyl sites for hydroxylation is 1. The van der Waals surface area contributed by atoms with Gasteiger partial charge in [-0.15, -0.1) is 0 Å². The molecule has 3 aromatic rings. The van der Waals surface area contributed by atoms with Gasteiger partial charge in [0.05, 0.1) is 5.52 Å². The van der Waals surface area contributed by atoms with Gasteiger partial charge in [0.2, 0.25) is 0 Å². The summed E-state index contributed by atoms with van der Waals surface area (Å²) >= 11 is 0. The highest BCUT2D eigenvalue weighted by atomic mass is 16.1. The maximum atomic E-state index is 12.3. The minimum Gasteiger partial charge on any atom is -0.398 e. The summed E-state index contributed by atoms with van der Waals surface area (Å²) in [6.07, 6.45) is 1.65. The fraction of sp³-hybridized carbons (Fsp3) is 0.0625. The molecular formula is C16H14N4O. The van der Waals surface area contributed by atoms with Crippen molar-refractivity contribution in [3.63, 3.8) is 0 Å². The fourth-order valence-corrected chi connectivity index (χ4v) is 2.14. The van der Waals surface area contributed by atoms with Gasteiger partial charge in [-0.3, -0.25) is 9.78 Å². The van der Waals surface area contributed by atoms with Crippen LogP contribution in [0.1, 0.15) is 16.2 Å². The fourth-order valence-electron chi connectivity index (χ4n) is 2.14. The summed E-state index contributed by atoms with van der Waals surface area (Å²) in [5.41, 5.74) is 9.03. The molecule has 0 saturated carbocycles. The van der Waals surface area contributed by atoms with Crippen molar-refractivity contribution in [2.75, 3.05) is 11.1 Å². The van der Waals surface area contributed by atoms with Crippen molar-refractivity contribution in [1.29, 1.82) is 0 Å². The summed E-state index contributed by atoms with van der Waals surface area (Å²) in [6, 6.07) is 12.6. The third-order valence-electron chi connectivity index (χ3n) is 3.14. The second-order valence-corrected chi connectivity index (χ2v) is 4.75. The lowest BCUT2D eigenvalue weighted by molar-refractivity contribution is 0.102. The molecule has 1 aromatic carbocycles. The van der Waals surface area contributed by atoms with E-state index in [1.165, 1.54) is 0 Å². The number of carbonyl (C=O) groups excluding carboxylic acids is 1. The lowest BCUT2D eigenvalue weighted by Gasteiger charge is -2.08. The number of fused-ring (bicyclic) bond motifs is 1. The second-order valence-electron chi connectivity index (χ2n) is 4.75. The van der Waals surface area contributed by atoms with E-state index in [-0.39, 0.29) is 5.91 Å². The van der Waals surface area contributed by atoms with E-state index < -0.39 is 0 Å². The van der Waals surface area contributed by atoms with Gasteiger partial charge in [-0.25, -0.2) is 4.98 Å². The molecule has 0 aliphatic heterocycles. The van der Waals surface area contributed by atoms with Crippen molar-refractivity contribution >= 4 is 28.2 Å². The molecule has 5 nitrogen and oxygen atoms in total. The molecule has 2 aromatic heterocycles. The highest BCUT2D eigenvalue weighted by Gasteiger charge is 2.11. The average molecular weight is 278 g/mol. The Morgan fingerprint density at radius 1 is 1.19 bits per heavy atom. The number of hydrogen-bond acceptors (Lipinski definition) is 4. The lowest BCUT2D eigenvalue weighted by atomic mass is 10.1. The number of nitrogen functional groups attached to an aromatic ring is 1. The van der Waals surface area contributed by atoms with E-state index >= 15 is 0 Å². The Kier molecular flexibility index (Phi) is 3.23. The van der Waals surface area contributed by atoms with Crippen LogP contribution in [0.25, 0.3) is 10.9 Å². The molecule has 0 aliphatic rings. The van der Waals surface area contributed by atoms with Crippen LogP contribution in [0.5, 0.6) is 0 Å². The standard InChI is InChI=1S/C16H14N4O/c1-10-8-11(6-7-18-10)19-16(21)15-9-13(17)12-4-2-3-5-14(12)20-15/h2-9H,1H3,(H2,17,20)(H,18,19,21). The predicted octanol–water partition coefficient (Wildman–Crippen LogP) is 2.77. The number of anilines is 2. The molecule has 0 radical (unpaired) electrons. The SMILES string of the molecule is Cc1cc(NC(=O)c2cc(N)c3ccccc3n2)ccn1. The number of hydrogen-bond donors (Lipinski definition) is 2. The van der Waals surface area contributed by atoms with Crippen LogP contribution in [0, 0.1) is 6.92 Å². The van der Waals surface area contributed by atoms with E-state index in [4.69, 9.17) is 5.73 Å². The monoisotopic (exact) mass is 278 g/mol. The molecule has 0 saturated heterocycles. The Hall–Kier alpha value is -2.95. The normalized spacial score (nSPS) is 10.5. The molecule has 0 spiro atoms. The Morgan fingerprint density at radius 2 is 2.00 bits per heavy atom. The van der Waals surface area contributed by atoms with Crippen LogP contribution in [0.3, 0.4) is 0 Å². The van der Waals surface area contributed by atoms with Crippen LogP contribution in [-0.2, 0) is 0 Å². The van der Waals surface area contributed by atoms with Crippen LogP contribution in [0.2, 0.25) is 0 Å². The molecule has 2 heterocycles. The number of amides is 1. The van der Waals surface area contributed by atoms with Crippen molar-refractivity contribution in [3.8, 4) is 0 Å². The second kappa shape index (κ2) is 5.20. The van der Waals surface area contributed by atoms with Gasteiger partial charge >= 0.3 is 0 Å². The summed E-state index contributed by atoms with van der Waals surface area (Å²) in [5, 5.41) is 3.64. The summed E-state index contributed by atoms with van der Waals surface area (Å²) in [4.78, 5) is 20.7. The Balaban J connectivity index is 1.94. The molecule has 104 valence electrons. The summed E-state index contributed by atoms with van der Waals surface area (Å²) < 4.78 is 0. The summed E-state index contributed by atoms with van der Waals surface area (Å²) in [5.74, 6) is -0.293. The summed E-state index contributed by atoms with van der Waals surface area (Å²) in [6.45, 7) is 1.86. The first-order valence-corrected chi connectivity index (χ1v) is 6.53. The van der Waals surface area contributed by atoms with Gasteiger partial charge in [0.15, 0.2) is 0 Å². The Morgan fingerprint density at radius 3 is 2.81 bits per heavy atom. The average Bonchev–Trinajstić information content (AvgIpc) is 2.47. The Labute approximate surface area is 121 Å². The first-order chi connectivity index (χ1) is 10.1. The van der Waals surface area contributed by atoms with E-state index in [0.29, 0.717) is 22.6 Å². The molecule has 0 fully saturated rings. The number of benzene rings is 1. The van der Waals surface area contributed by atoms with Gasteiger partial charge in [-0.1, -0.05) is 18.2 Å². The number of para-hydroxylation sites is 1. The quantitative estimate of drug-likeness (QED) is 0.755. The number of nitrogens with one attached hydrogen (secondary N) is 1. The van der Waals surface area contributed by atoms with Crippen molar-refractivity contribution in [3.05, 3.63) is 60.0 Å². The molecule has 0 aliphatic carbocycles. The van der Waals surface area contributed by atoms with Crippen LogP contribution in [0.15, 0.2) is 48.7 Å². The number of aromatic nitrogens is 2. The van der Waals surface area contributed by atoms with Gasteiger partial charge < -0.3 is 11.1 Å². The van der Waals surface area contributed by atoms with E-state index in [1.807, 2.05) is 31.2 Å². The van der Waals surface area contributed by atoms with Crippen LogP contribution in [-0.4, -0.2) is 15.9 Å². The number of pyridine rings is 2. The van der Waals surface area contributed by atoms with Crippen molar-refractivity contribution in [2.24, 2.45) is 0 Å². The van der Waals surface area contributed by atoms with Gasteiger partial charge in [0.1, 0.15) is 5.69 Å². The summed E-state index contributed by atoms with van der Waals surface area (Å²) in [7, 11) is 0. The van der Waals surface area contributed by atoms with Gasteiger partial charge in [0, 0.05) is 28.7 Å². The highest BCUT2D eigenvalue weighted by Crippen LogP contribution is 2.20. The molecule has 0 bridgehead atoms. The van der Waals surface area contributed by atoms with E-state index in [2.05, 4.69) is 15.3 Å². The molecule has 1 amide bonds. The van der Waals surface area contributed by atoms with E-state index in [9.17, 15) is 4.79 Å². The number of rotatable bonds is 2. The molecule has 21 heavy (non-hydrogen) atoms. The van der Waals surface area contributed by atoms with Gasteiger partial charge in [-0.05, 0) is 31.2 Å². The van der Waals surface area contributed by atoms with Gasteiger partial charge in [-0.2, -0.15) is 0 Å². The largest absolute Gasteiger partial charge is 0.398 e.